The van der Waals surface area contributed by atoms with Crippen molar-refractivity contribution in [2.24, 2.45) is 0 Å². The number of fused-ring (bicyclic) bond motifs is 1. The van der Waals surface area contributed by atoms with E-state index in [-0.39, 0.29) is 33.0 Å². The van der Waals surface area contributed by atoms with Crippen molar-refractivity contribution in [3.63, 3.8) is 0 Å². The van der Waals surface area contributed by atoms with Crippen LogP contribution in [-0.2, 0) is 80.4 Å². The lowest BCUT2D eigenvalue weighted by atomic mass is 9.96. The van der Waals surface area contributed by atoms with Crippen molar-refractivity contribution in [3.8, 4) is 0 Å². The molecule has 8 rings (SSSR count). The van der Waals surface area contributed by atoms with Crippen molar-refractivity contribution in [1.29, 1.82) is 0 Å². The highest BCUT2D eigenvalue weighted by Crippen LogP contribution is 2.41. The van der Waals surface area contributed by atoms with E-state index in [0.717, 1.165) is 27.8 Å². The Hall–Kier alpha value is -4.34. The Kier molecular flexibility index (Phi) is 15.0. The van der Waals surface area contributed by atoms with E-state index >= 15 is 0 Å². The smallest absolute Gasteiger partial charge is 0.187 e. The summed E-state index contributed by atoms with van der Waals surface area (Å²) in [7, 11) is 0. The summed E-state index contributed by atoms with van der Waals surface area (Å²) in [5.74, 6) is -0.944. The molecule has 0 unspecified atom stereocenters. The van der Waals surface area contributed by atoms with E-state index in [1.54, 1.807) is 0 Å². The summed E-state index contributed by atoms with van der Waals surface area (Å²) in [6.45, 7) is 5.39. The molecule has 61 heavy (non-hydrogen) atoms. The summed E-state index contributed by atoms with van der Waals surface area (Å²) in [6, 6.07) is 49.3. The highest BCUT2D eigenvalue weighted by atomic mass is 16.8. The van der Waals surface area contributed by atoms with Gasteiger partial charge in [-0.25, -0.2) is 0 Å². The van der Waals surface area contributed by atoms with Crippen molar-refractivity contribution in [2.45, 2.75) is 114 Å². The summed E-state index contributed by atoms with van der Waals surface area (Å²) in [5.41, 5.74) is 4.86. The van der Waals surface area contributed by atoms with Gasteiger partial charge in [0, 0.05) is 0 Å². The summed E-state index contributed by atoms with van der Waals surface area (Å²) < 4.78 is 65.9. The highest BCUT2D eigenvalue weighted by Gasteiger charge is 2.58. The zero-order chi connectivity index (χ0) is 41.9. The first kappa shape index (κ1) is 43.3. The van der Waals surface area contributed by atoms with Crippen molar-refractivity contribution in [2.75, 3.05) is 13.2 Å². The molecule has 0 amide bonds. The van der Waals surface area contributed by atoms with E-state index in [2.05, 4.69) is 0 Å². The molecule has 1 N–H and O–H groups in total. The van der Waals surface area contributed by atoms with E-state index < -0.39 is 67.2 Å². The third kappa shape index (κ3) is 11.8. The van der Waals surface area contributed by atoms with Gasteiger partial charge in [-0.15, -0.1) is 0 Å². The molecule has 11 heteroatoms. The van der Waals surface area contributed by atoms with Gasteiger partial charge in [0.05, 0.1) is 46.2 Å². The Morgan fingerprint density at radius 3 is 1.33 bits per heavy atom. The first-order valence-corrected chi connectivity index (χ1v) is 21.1. The average molecular weight is 833 g/mol. The van der Waals surface area contributed by atoms with Crippen LogP contribution in [0.5, 0.6) is 0 Å². The van der Waals surface area contributed by atoms with Gasteiger partial charge in [-0.3, -0.25) is 0 Å². The summed E-state index contributed by atoms with van der Waals surface area (Å²) in [6.07, 6.45) is -8.66. The molecule has 3 aliphatic rings. The molecule has 11 nitrogen and oxygen atoms in total. The number of aliphatic hydroxyl groups excluding tert-OH is 1. The standard InChI is InChI=1S/C50H56O11/c1-50(2)60-44-41(34-53-29-36-20-10-4-11-21-36)58-49(47(46(44)61-50)55-31-38-24-14-6-15-25-38)59-43-40(33-52-28-35-18-8-3-9-19-35)57-48(56-32-39-26-16-7-17-27-39)45(42(43)51)54-30-37-22-12-5-13-23-37/h3-27,40-49,51H,28-34H2,1-2H3/t40-,41-,42+,43-,44+,45-,46+,47-,48-,49+/m1/s1. The van der Waals surface area contributed by atoms with Crippen LogP contribution < -0.4 is 0 Å². The Morgan fingerprint density at radius 1 is 0.443 bits per heavy atom. The van der Waals surface area contributed by atoms with Crippen LogP contribution >= 0.6 is 0 Å². The number of hydrogen-bond acceptors (Lipinski definition) is 11. The maximum Gasteiger partial charge on any atom is 0.187 e. The van der Waals surface area contributed by atoms with Crippen molar-refractivity contribution >= 4 is 0 Å². The quantitative estimate of drug-likeness (QED) is 0.0892. The van der Waals surface area contributed by atoms with Crippen LogP contribution in [0.4, 0.5) is 0 Å². The predicted octanol–water partition coefficient (Wildman–Crippen LogP) is 7.52. The van der Waals surface area contributed by atoms with E-state index in [0.29, 0.717) is 13.2 Å². The Labute approximate surface area is 358 Å². The Balaban J connectivity index is 1.09. The fourth-order valence-corrected chi connectivity index (χ4v) is 7.94. The minimum Gasteiger partial charge on any atom is -0.387 e. The average Bonchev–Trinajstić information content (AvgIpc) is 3.63. The van der Waals surface area contributed by atoms with Gasteiger partial charge in [-0.1, -0.05) is 152 Å². The number of hydrogen-bond donors (Lipinski definition) is 1. The van der Waals surface area contributed by atoms with Crippen LogP contribution in [0.15, 0.2) is 152 Å². The maximum atomic E-state index is 12.5. The van der Waals surface area contributed by atoms with Crippen LogP contribution in [0.1, 0.15) is 41.7 Å². The number of rotatable bonds is 19. The minimum atomic E-state index is -1.26. The lowest BCUT2D eigenvalue weighted by Gasteiger charge is -2.47. The molecule has 10 atom stereocenters. The van der Waals surface area contributed by atoms with Gasteiger partial charge in [-0.2, -0.15) is 0 Å². The van der Waals surface area contributed by atoms with Crippen molar-refractivity contribution in [1.82, 2.24) is 0 Å². The summed E-state index contributed by atoms with van der Waals surface area (Å²) in [4.78, 5) is 0. The van der Waals surface area contributed by atoms with Gasteiger partial charge in [0.2, 0.25) is 0 Å². The third-order valence-corrected chi connectivity index (χ3v) is 11.0. The molecule has 0 aliphatic carbocycles. The van der Waals surface area contributed by atoms with Gasteiger partial charge in [0.1, 0.15) is 48.8 Å². The maximum absolute atomic E-state index is 12.5. The molecule has 0 saturated carbocycles. The van der Waals surface area contributed by atoms with Gasteiger partial charge < -0.3 is 52.5 Å². The van der Waals surface area contributed by atoms with Gasteiger partial charge in [0.15, 0.2) is 18.4 Å². The van der Waals surface area contributed by atoms with Crippen LogP contribution in [0.2, 0.25) is 0 Å². The SMILES string of the molecule is CC1(C)O[C@H]2[C@@H](O1)[C@@H](COCc1ccccc1)O[C@@H](O[C@H]1[C@H](O)[C@@H](OCc3ccccc3)[C@H](OCc3ccccc3)O[C@@H]1COCc1ccccc1)[C@@H]2OCc1ccccc1. The largest absolute Gasteiger partial charge is 0.387 e. The van der Waals surface area contributed by atoms with Crippen LogP contribution in [0.3, 0.4) is 0 Å². The van der Waals surface area contributed by atoms with Gasteiger partial charge in [0.25, 0.3) is 0 Å². The minimum absolute atomic E-state index is 0.0673. The summed E-state index contributed by atoms with van der Waals surface area (Å²) >= 11 is 0. The normalized spacial score (nSPS) is 28.3. The van der Waals surface area contributed by atoms with E-state index in [1.807, 2.05) is 166 Å². The summed E-state index contributed by atoms with van der Waals surface area (Å²) in [5, 5.41) is 12.5. The van der Waals surface area contributed by atoms with Crippen molar-refractivity contribution in [3.05, 3.63) is 179 Å². The lowest BCUT2D eigenvalue weighted by molar-refractivity contribution is -0.364. The van der Waals surface area contributed by atoms with E-state index in [1.165, 1.54) is 0 Å². The van der Waals surface area contributed by atoms with Gasteiger partial charge >= 0.3 is 0 Å². The van der Waals surface area contributed by atoms with Crippen molar-refractivity contribution < 1.29 is 52.5 Å². The second-order valence-electron chi connectivity index (χ2n) is 16.1. The second kappa shape index (κ2) is 21.2. The molecule has 3 fully saturated rings. The van der Waals surface area contributed by atoms with Gasteiger partial charge in [-0.05, 0) is 41.7 Å². The molecule has 3 heterocycles. The fourth-order valence-electron chi connectivity index (χ4n) is 7.94. The molecular weight excluding hydrogens is 777 g/mol. The fraction of sp³-hybridized carbons (Fsp3) is 0.400. The monoisotopic (exact) mass is 832 g/mol. The molecule has 5 aromatic carbocycles. The third-order valence-electron chi connectivity index (χ3n) is 11.0. The second-order valence-corrected chi connectivity index (χ2v) is 16.1. The number of aliphatic hydroxyl groups is 1. The lowest BCUT2D eigenvalue weighted by Crippen LogP contribution is -2.65. The van der Waals surface area contributed by atoms with E-state index in [4.69, 9.17) is 47.4 Å². The topological polar surface area (TPSA) is 113 Å². The molecule has 322 valence electrons. The van der Waals surface area contributed by atoms with Crippen LogP contribution in [0, 0.1) is 0 Å². The Bertz CT molecular complexity index is 2000. The molecular formula is C50H56O11. The predicted molar refractivity (Wildman–Crippen MR) is 225 cm³/mol. The van der Waals surface area contributed by atoms with Crippen LogP contribution in [0.25, 0.3) is 0 Å². The Morgan fingerprint density at radius 2 is 0.836 bits per heavy atom. The first-order valence-electron chi connectivity index (χ1n) is 21.1. The first-order chi connectivity index (χ1) is 29.9. The van der Waals surface area contributed by atoms with Crippen LogP contribution in [-0.4, -0.2) is 85.5 Å². The molecule has 0 aromatic heterocycles. The molecule has 0 radical (unpaired) electrons. The highest BCUT2D eigenvalue weighted by molar-refractivity contribution is 5.17. The molecule has 3 aliphatic heterocycles. The molecule has 0 spiro atoms. The zero-order valence-corrected chi connectivity index (χ0v) is 34.7. The van der Waals surface area contributed by atoms with E-state index in [9.17, 15) is 5.11 Å². The number of ether oxygens (including phenoxy) is 10. The molecule has 3 saturated heterocycles. The molecule has 0 bridgehead atoms. The molecule has 5 aromatic rings. The number of benzene rings is 5. The zero-order valence-electron chi connectivity index (χ0n) is 34.7.